The first kappa shape index (κ1) is 16.0. The van der Waals surface area contributed by atoms with Crippen LogP contribution in [0.1, 0.15) is 22.9 Å². The number of hydrogen-bond donors (Lipinski definition) is 1. The summed E-state index contributed by atoms with van der Waals surface area (Å²) in [7, 11) is 0. The SMILES string of the molecule is N#Cc1ccc(NC(c2cccc(Cl)c2)c2ccccn2)c(F)c1. The molecule has 0 saturated heterocycles. The van der Waals surface area contributed by atoms with Gasteiger partial charge in [0.05, 0.1) is 29.1 Å². The predicted molar refractivity (Wildman–Crippen MR) is 92.3 cm³/mol. The van der Waals surface area contributed by atoms with Crippen LogP contribution < -0.4 is 5.32 Å². The number of nitriles is 1. The summed E-state index contributed by atoms with van der Waals surface area (Å²) in [5.41, 5.74) is 2.17. The second-order valence-electron chi connectivity index (χ2n) is 5.19. The van der Waals surface area contributed by atoms with Crippen molar-refractivity contribution in [1.29, 1.82) is 5.26 Å². The third kappa shape index (κ3) is 3.53. The summed E-state index contributed by atoms with van der Waals surface area (Å²) in [6.45, 7) is 0. The van der Waals surface area contributed by atoms with Crippen LogP contribution >= 0.6 is 11.6 Å². The van der Waals surface area contributed by atoms with Gasteiger partial charge in [-0.15, -0.1) is 0 Å². The van der Waals surface area contributed by atoms with Crippen LogP contribution in [0.3, 0.4) is 0 Å². The van der Waals surface area contributed by atoms with Gasteiger partial charge < -0.3 is 5.32 Å². The molecule has 3 rings (SSSR count). The highest BCUT2D eigenvalue weighted by Gasteiger charge is 2.17. The zero-order chi connectivity index (χ0) is 16.9. The third-order valence-corrected chi connectivity index (χ3v) is 3.80. The molecule has 0 saturated carbocycles. The van der Waals surface area contributed by atoms with Crippen molar-refractivity contribution in [2.24, 2.45) is 0 Å². The molecule has 0 aliphatic carbocycles. The molecule has 1 heterocycles. The van der Waals surface area contributed by atoms with Crippen molar-refractivity contribution in [3.63, 3.8) is 0 Å². The number of anilines is 1. The van der Waals surface area contributed by atoms with Crippen LogP contribution in [0.2, 0.25) is 5.02 Å². The molecule has 24 heavy (non-hydrogen) atoms. The Balaban J connectivity index is 2.01. The maximum absolute atomic E-state index is 14.2. The van der Waals surface area contributed by atoms with Gasteiger partial charge in [-0.3, -0.25) is 4.98 Å². The van der Waals surface area contributed by atoms with Gasteiger partial charge in [-0.05, 0) is 48.0 Å². The van der Waals surface area contributed by atoms with Gasteiger partial charge in [0, 0.05) is 11.2 Å². The van der Waals surface area contributed by atoms with Gasteiger partial charge in [-0.1, -0.05) is 29.8 Å². The lowest BCUT2D eigenvalue weighted by molar-refractivity contribution is 0.627. The van der Waals surface area contributed by atoms with Gasteiger partial charge in [-0.2, -0.15) is 5.26 Å². The van der Waals surface area contributed by atoms with Crippen LogP contribution in [0, 0.1) is 17.1 Å². The van der Waals surface area contributed by atoms with Crippen LogP contribution in [-0.4, -0.2) is 4.98 Å². The summed E-state index contributed by atoms with van der Waals surface area (Å²) in [5.74, 6) is -0.489. The number of nitrogens with one attached hydrogen (secondary N) is 1. The Morgan fingerprint density at radius 1 is 1.08 bits per heavy atom. The molecule has 0 bridgehead atoms. The predicted octanol–water partition coefficient (Wildman–Crippen LogP) is 4.95. The minimum Gasteiger partial charge on any atom is -0.370 e. The third-order valence-electron chi connectivity index (χ3n) is 3.56. The molecule has 0 fully saturated rings. The summed E-state index contributed by atoms with van der Waals surface area (Å²) in [6.07, 6.45) is 1.68. The van der Waals surface area contributed by atoms with Crippen LogP contribution in [-0.2, 0) is 0 Å². The van der Waals surface area contributed by atoms with Crippen molar-refractivity contribution in [3.05, 3.63) is 94.5 Å². The standard InChI is InChI=1S/C19H13ClFN3/c20-15-5-3-4-14(11-15)19(18-6-1-2-9-23-18)24-17-8-7-13(12-22)10-16(17)21/h1-11,19,24H. The van der Waals surface area contributed by atoms with Gasteiger partial charge in [0.15, 0.2) is 0 Å². The Hall–Kier alpha value is -2.90. The van der Waals surface area contributed by atoms with E-state index in [4.69, 9.17) is 16.9 Å². The maximum Gasteiger partial charge on any atom is 0.147 e. The van der Waals surface area contributed by atoms with Crippen molar-refractivity contribution < 1.29 is 4.39 Å². The first-order valence-electron chi connectivity index (χ1n) is 7.30. The monoisotopic (exact) mass is 337 g/mol. The lowest BCUT2D eigenvalue weighted by Gasteiger charge is -2.20. The lowest BCUT2D eigenvalue weighted by atomic mass is 10.0. The minimum atomic E-state index is -0.489. The summed E-state index contributed by atoms with van der Waals surface area (Å²) < 4.78 is 14.2. The molecule has 0 aliphatic rings. The topological polar surface area (TPSA) is 48.7 Å². The largest absolute Gasteiger partial charge is 0.370 e. The van der Waals surface area contributed by atoms with E-state index in [0.717, 1.165) is 11.3 Å². The summed E-state index contributed by atoms with van der Waals surface area (Å²) >= 11 is 6.09. The van der Waals surface area contributed by atoms with E-state index in [9.17, 15) is 4.39 Å². The van der Waals surface area contributed by atoms with Crippen molar-refractivity contribution in [2.75, 3.05) is 5.32 Å². The van der Waals surface area contributed by atoms with Gasteiger partial charge >= 0.3 is 0 Å². The van der Waals surface area contributed by atoms with Gasteiger partial charge in [-0.25, -0.2) is 4.39 Å². The molecule has 0 amide bonds. The highest BCUT2D eigenvalue weighted by molar-refractivity contribution is 6.30. The molecule has 1 unspecified atom stereocenters. The molecule has 118 valence electrons. The number of hydrogen-bond acceptors (Lipinski definition) is 3. The fourth-order valence-corrected chi connectivity index (χ4v) is 2.62. The molecule has 2 aromatic carbocycles. The van der Waals surface area contributed by atoms with Crippen LogP contribution in [0.5, 0.6) is 0 Å². The summed E-state index contributed by atoms with van der Waals surface area (Å²) in [4.78, 5) is 4.36. The maximum atomic E-state index is 14.2. The molecular weight excluding hydrogens is 325 g/mol. The Morgan fingerprint density at radius 3 is 2.62 bits per heavy atom. The Kier molecular flexibility index (Phi) is 4.74. The van der Waals surface area contributed by atoms with E-state index in [0.29, 0.717) is 10.7 Å². The van der Waals surface area contributed by atoms with E-state index in [1.165, 1.54) is 6.07 Å². The lowest BCUT2D eigenvalue weighted by Crippen LogP contribution is -2.14. The van der Waals surface area contributed by atoms with E-state index in [-0.39, 0.29) is 11.6 Å². The van der Waals surface area contributed by atoms with Gasteiger partial charge in [0.2, 0.25) is 0 Å². The Morgan fingerprint density at radius 2 is 1.96 bits per heavy atom. The molecular formula is C19H13ClFN3. The molecule has 3 aromatic rings. The number of benzene rings is 2. The van der Waals surface area contributed by atoms with Gasteiger partial charge in [0.25, 0.3) is 0 Å². The second kappa shape index (κ2) is 7.12. The molecule has 1 aromatic heterocycles. The fraction of sp³-hybridized carbons (Fsp3) is 0.0526. The minimum absolute atomic E-state index is 0.273. The highest BCUT2D eigenvalue weighted by Crippen LogP contribution is 2.28. The average molecular weight is 338 g/mol. The normalized spacial score (nSPS) is 11.5. The number of halogens is 2. The van der Waals surface area contributed by atoms with Crippen molar-refractivity contribution in [2.45, 2.75) is 6.04 Å². The van der Waals surface area contributed by atoms with Crippen LogP contribution in [0.4, 0.5) is 10.1 Å². The molecule has 5 heteroatoms. The zero-order valence-corrected chi connectivity index (χ0v) is 13.3. The number of aromatic nitrogens is 1. The molecule has 3 nitrogen and oxygen atoms in total. The van der Waals surface area contributed by atoms with E-state index in [1.807, 2.05) is 42.5 Å². The molecule has 1 N–H and O–H groups in total. The first-order valence-corrected chi connectivity index (χ1v) is 7.68. The summed E-state index contributed by atoms with van der Waals surface area (Å²) in [5, 5.41) is 12.6. The van der Waals surface area contributed by atoms with Gasteiger partial charge in [0.1, 0.15) is 5.82 Å². The smallest absolute Gasteiger partial charge is 0.147 e. The second-order valence-corrected chi connectivity index (χ2v) is 5.63. The van der Waals surface area contributed by atoms with E-state index in [2.05, 4.69) is 10.3 Å². The van der Waals surface area contributed by atoms with E-state index >= 15 is 0 Å². The average Bonchev–Trinajstić information content (AvgIpc) is 2.61. The number of pyridine rings is 1. The van der Waals surface area contributed by atoms with Crippen LogP contribution in [0.25, 0.3) is 0 Å². The van der Waals surface area contributed by atoms with Crippen molar-refractivity contribution in [1.82, 2.24) is 4.98 Å². The van der Waals surface area contributed by atoms with Crippen molar-refractivity contribution >= 4 is 17.3 Å². The zero-order valence-electron chi connectivity index (χ0n) is 12.6. The molecule has 1 atom stereocenters. The van der Waals surface area contributed by atoms with Crippen molar-refractivity contribution in [3.8, 4) is 6.07 Å². The molecule has 0 spiro atoms. The van der Waals surface area contributed by atoms with Crippen LogP contribution in [0.15, 0.2) is 66.9 Å². The summed E-state index contributed by atoms with van der Waals surface area (Å²) in [6, 6.07) is 18.8. The number of nitrogens with zero attached hydrogens (tertiary/aromatic N) is 2. The van der Waals surface area contributed by atoms with E-state index in [1.54, 1.807) is 24.4 Å². The van der Waals surface area contributed by atoms with E-state index < -0.39 is 5.82 Å². The Labute approximate surface area is 144 Å². The number of rotatable bonds is 4. The highest BCUT2D eigenvalue weighted by atomic mass is 35.5. The molecule has 0 aliphatic heterocycles. The Bertz CT molecular complexity index is 891. The quantitative estimate of drug-likeness (QED) is 0.733. The molecule has 0 radical (unpaired) electrons. The fourth-order valence-electron chi connectivity index (χ4n) is 2.42. The first-order chi connectivity index (χ1) is 11.7.